The summed E-state index contributed by atoms with van der Waals surface area (Å²) in [6, 6.07) is 13.0. The second-order valence-corrected chi connectivity index (χ2v) is 7.29. The first-order valence-corrected chi connectivity index (χ1v) is 9.12. The van der Waals surface area contributed by atoms with Crippen LogP contribution in [0.2, 0.25) is 0 Å². The minimum atomic E-state index is -1.30. The maximum Gasteiger partial charge on any atom is 0.250 e. The molecule has 3 rings (SSSR count). The zero-order valence-corrected chi connectivity index (χ0v) is 14.0. The summed E-state index contributed by atoms with van der Waals surface area (Å²) in [6.45, 7) is 0. The molecule has 3 aromatic rings. The van der Waals surface area contributed by atoms with Gasteiger partial charge in [0.1, 0.15) is 5.76 Å². The molecule has 1 N–H and O–H groups in total. The van der Waals surface area contributed by atoms with Gasteiger partial charge in [0.05, 0.1) is 22.8 Å². The predicted octanol–water partition coefficient (Wildman–Crippen LogP) is 3.09. The molecular formula is C16H13N3O3S2. The summed E-state index contributed by atoms with van der Waals surface area (Å²) < 4.78 is 17.7. The number of benzene rings is 1. The molecule has 0 aliphatic heterocycles. The Balaban J connectivity index is 1.59. The van der Waals surface area contributed by atoms with Crippen LogP contribution in [0, 0.1) is 0 Å². The van der Waals surface area contributed by atoms with Gasteiger partial charge in [0.2, 0.25) is 15.4 Å². The molecule has 1 amide bonds. The maximum absolute atomic E-state index is 12.3. The Bertz CT molecular complexity index is 858. The highest BCUT2D eigenvalue weighted by Gasteiger charge is 2.13. The lowest BCUT2D eigenvalue weighted by molar-refractivity contribution is -0.111. The van der Waals surface area contributed by atoms with Gasteiger partial charge in [-0.05, 0) is 23.8 Å². The average Bonchev–Trinajstić information content (AvgIpc) is 3.25. The van der Waals surface area contributed by atoms with Gasteiger partial charge < -0.3 is 4.42 Å². The predicted molar refractivity (Wildman–Crippen MR) is 92.8 cm³/mol. The molecule has 24 heavy (non-hydrogen) atoms. The number of hydrogen-bond acceptors (Lipinski definition) is 6. The van der Waals surface area contributed by atoms with Crippen molar-refractivity contribution >= 4 is 39.3 Å². The van der Waals surface area contributed by atoms with Crippen molar-refractivity contribution in [2.45, 2.75) is 10.1 Å². The van der Waals surface area contributed by atoms with E-state index in [-0.39, 0.29) is 5.91 Å². The van der Waals surface area contributed by atoms with Crippen LogP contribution in [0.4, 0.5) is 5.13 Å². The molecule has 2 heterocycles. The fraction of sp³-hybridized carbons (Fsp3) is 0.0625. The Hall–Kier alpha value is -2.58. The van der Waals surface area contributed by atoms with Gasteiger partial charge in [-0.1, -0.05) is 41.7 Å². The average molecular weight is 359 g/mol. The first-order chi connectivity index (χ1) is 11.7. The smallest absolute Gasteiger partial charge is 0.250 e. The fourth-order valence-corrected chi connectivity index (χ4v) is 3.85. The Morgan fingerprint density at radius 2 is 2.04 bits per heavy atom. The summed E-state index contributed by atoms with van der Waals surface area (Å²) >= 11 is 1.10. The number of nitrogens with one attached hydrogen (secondary N) is 1. The van der Waals surface area contributed by atoms with Gasteiger partial charge in [-0.15, -0.1) is 10.2 Å². The Morgan fingerprint density at radius 1 is 1.21 bits per heavy atom. The molecular weight excluding hydrogens is 346 g/mol. The Morgan fingerprint density at radius 3 is 2.79 bits per heavy atom. The number of aromatic nitrogens is 2. The molecule has 0 unspecified atom stereocenters. The van der Waals surface area contributed by atoms with E-state index in [9.17, 15) is 9.00 Å². The highest BCUT2D eigenvalue weighted by atomic mass is 32.2. The van der Waals surface area contributed by atoms with Crippen LogP contribution in [0.1, 0.15) is 11.3 Å². The van der Waals surface area contributed by atoms with Crippen LogP contribution >= 0.6 is 11.3 Å². The van der Waals surface area contributed by atoms with Crippen molar-refractivity contribution in [1.82, 2.24) is 10.2 Å². The van der Waals surface area contributed by atoms with Crippen LogP contribution in [-0.2, 0) is 21.3 Å². The molecule has 1 atom stereocenters. The van der Waals surface area contributed by atoms with Crippen LogP contribution in [0.25, 0.3) is 6.08 Å². The SMILES string of the molecule is O=C(/C=C\c1ccco1)Nc1nnc([S@](=O)Cc2ccccc2)s1. The highest BCUT2D eigenvalue weighted by Crippen LogP contribution is 2.20. The maximum atomic E-state index is 12.3. The number of carbonyl (C=O) groups excluding carboxylic acids is 1. The van der Waals surface area contributed by atoms with E-state index in [1.54, 1.807) is 18.2 Å². The summed E-state index contributed by atoms with van der Waals surface area (Å²) in [6.07, 6.45) is 4.41. The van der Waals surface area contributed by atoms with E-state index in [2.05, 4.69) is 15.5 Å². The van der Waals surface area contributed by atoms with Gasteiger partial charge in [0, 0.05) is 6.08 Å². The number of nitrogens with zero attached hydrogens (tertiary/aromatic N) is 2. The van der Waals surface area contributed by atoms with Gasteiger partial charge in [-0.3, -0.25) is 14.3 Å². The van der Waals surface area contributed by atoms with Crippen molar-refractivity contribution in [3.05, 3.63) is 66.1 Å². The van der Waals surface area contributed by atoms with Gasteiger partial charge in [0.25, 0.3) is 0 Å². The van der Waals surface area contributed by atoms with Crippen molar-refractivity contribution in [3.8, 4) is 0 Å². The molecule has 0 aliphatic carbocycles. The van der Waals surface area contributed by atoms with Crippen molar-refractivity contribution < 1.29 is 13.4 Å². The number of anilines is 1. The van der Waals surface area contributed by atoms with Crippen molar-refractivity contribution in [2.75, 3.05) is 5.32 Å². The van der Waals surface area contributed by atoms with Crippen LogP contribution in [0.5, 0.6) is 0 Å². The van der Waals surface area contributed by atoms with Crippen LogP contribution in [-0.4, -0.2) is 20.3 Å². The van der Waals surface area contributed by atoms with Crippen molar-refractivity contribution in [2.24, 2.45) is 0 Å². The molecule has 0 saturated heterocycles. The van der Waals surface area contributed by atoms with Crippen molar-refractivity contribution in [3.63, 3.8) is 0 Å². The Kier molecular flexibility index (Phi) is 5.29. The van der Waals surface area contributed by atoms with Gasteiger partial charge in [-0.2, -0.15) is 0 Å². The van der Waals surface area contributed by atoms with Gasteiger partial charge >= 0.3 is 0 Å². The van der Waals surface area contributed by atoms with E-state index in [0.717, 1.165) is 16.9 Å². The third-order valence-electron chi connectivity index (χ3n) is 2.91. The molecule has 122 valence electrons. The zero-order valence-electron chi connectivity index (χ0n) is 12.4. The minimum Gasteiger partial charge on any atom is -0.465 e. The monoisotopic (exact) mass is 359 g/mol. The Labute approximate surface area is 144 Å². The molecule has 2 aromatic heterocycles. The molecule has 6 nitrogen and oxygen atoms in total. The first-order valence-electron chi connectivity index (χ1n) is 6.99. The molecule has 0 bridgehead atoms. The lowest BCUT2D eigenvalue weighted by Gasteiger charge is -1.97. The van der Waals surface area contributed by atoms with E-state index in [0.29, 0.717) is 21.0 Å². The summed E-state index contributed by atoms with van der Waals surface area (Å²) in [7, 11) is -1.30. The van der Waals surface area contributed by atoms with Crippen LogP contribution in [0.3, 0.4) is 0 Å². The normalized spacial score (nSPS) is 12.3. The summed E-state index contributed by atoms with van der Waals surface area (Å²) in [5.41, 5.74) is 0.956. The number of carbonyl (C=O) groups is 1. The second kappa shape index (κ2) is 7.80. The molecule has 0 spiro atoms. The molecule has 0 fully saturated rings. The number of furan rings is 1. The third-order valence-corrected chi connectivity index (χ3v) is 5.42. The molecule has 8 heteroatoms. The van der Waals surface area contributed by atoms with E-state index < -0.39 is 10.8 Å². The zero-order chi connectivity index (χ0) is 16.8. The van der Waals surface area contributed by atoms with Gasteiger partial charge in [0.15, 0.2) is 0 Å². The topological polar surface area (TPSA) is 85.1 Å². The molecule has 1 aromatic carbocycles. The standard InChI is InChI=1S/C16H13N3O3S2/c20-14(9-8-13-7-4-10-22-13)17-15-18-19-16(23-15)24(21)11-12-5-2-1-3-6-12/h1-10H,11H2,(H,17,18,20)/b9-8-/t24-/m1/s1. The van der Waals surface area contributed by atoms with E-state index in [1.807, 2.05) is 30.3 Å². The van der Waals surface area contributed by atoms with Gasteiger partial charge in [-0.25, -0.2) is 0 Å². The molecule has 0 radical (unpaired) electrons. The quantitative estimate of drug-likeness (QED) is 0.540. The summed E-state index contributed by atoms with van der Waals surface area (Å²) in [5, 5.41) is 10.6. The first kappa shape index (κ1) is 16.3. The molecule has 0 saturated carbocycles. The summed E-state index contributed by atoms with van der Waals surface area (Å²) in [5.74, 6) is 0.581. The van der Waals surface area contributed by atoms with E-state index in [4.69, 9.17) is 4.42 Å². The van der Waals surface area contributed by atoms with Crippen molar-refractivity contribution in [1.29, 1.82) is 0 Å². The minimum absolute atomic E-state index is 0.306. The molecule has 0 aliphatic rings. The number of rotatable bonds is 6. The second-order valence-electron chi connectivity index (χ2n) is 4.69. The third kappa shape index (κ3) is 4.46. The number of amides is 1. The fourth-order valence-electron chi connectivity index (χ4n) is 1.83. The van der Waals surface area contributed by atoms with E-state index >= 15 is 0 Å². The van der Waals surface area contributed by atoms with Crippen LogP contribution in [0.15, 0.2) is 63.6 Å². The number of hydrogen-bond donors (Lipinski definition) is 1. The van der Waals surface area contributed by atoms with E-state index in [1.165, 1.54) is 12.3 Å². The highest BCUT2D eigenvalue weighted by molar-refractivity contribution is 7.86. The lowest BCUT2D eigenvalue weighted by Crippen LogP contribution is -2.07. The van der Waals surface area contributed by atoms with Crippen LogP contribution < -0.4 is 5.32 Å². The summed E-state index contributed by atoms with van der Waals surface area (Å²) in [4.78, 5) is 11.8. The largest absolute Gasteiger partial charge is 0.465 e. The lowest BCUT2D eigenvalue weighted by atomic mass is 10.2.